The van der Waals surface area contributed by atoms with Crippen LogP contribution in [0.5, 0.6) is 5.75 Å². The van der Waals surface area contributed by atoms with Gasteiger partial charge in [-0.1, -0.05) is 18.2 Å². The minimum atomic E-state index is -0.0706. The molecule has 0 bridgehead atoms. The number of hydrogen-bond donors (Lipinski definition) is 1. The second-order valence-electron chi connectivity index (χ2n) is 6.42. The van der Waals surface area contributed by atoms with E-state index in [4.69, 9.17) is 9.47 Å². The SMILES string of the molecule is COCCN(C)CCNCc1cccc2c1OC(C)(C)C2. The van der Waals surface area contributed by atoms with Crippen molar-refractivity contribution < 1.29 is 9.47 Å². The summed E-state index contributed by atoms with van der Waals surface area (Å²) in [7, 11) is 3.86. The van der Waals surface area contributed by atoms with Crippen LogP contribution in [0.4, 0.5) is 0 Å². The van der Waals surface area contributed by atoms with Crippen molar-refractivity contribution in [3.63, 3.8) is 0 Å². The van der Waals surface area contributed by atoms with E-state index in [-0.39, 0.29) is 5.60 Å². The molecule has 4 nitrogen and oxygen atoms in total. The number of nitrogens with zero attached hydrogens (tertiary/aromatic N) is 1. The Balaban J connectivity index is 1.79. The molecule has 118 valence electrons. The first-order valence-corrected chi connectivity index (χ1v) is 7.70. The van der Waals surface area contributed by atoms with E-state index in [1.165, 1.54) is 11.1 Å². The standard InChI is InChI=1S/C17H28N2O2/c1-17(2)12-14-6-5-7-15(16(14)21-17)13-18-8-9-19(3)10-11-20-4/h5-7,18H,8-13H2,1-4H3. The number of methoxy groups -OCH3 is 1. The summed E-state index contributed by atoms with van der Waals surface area (Å²) in [4.78, 5) is 2.27. The normalized spacial score (nSPS) is 16.0. The highest BCUT2D eigenvalue weighted by Gasteiger charge is 2.31. The van der Waals surface area contributed by atoms with Gasteiger partial charge in [0.1, 0.15) is 11.4 Å². The molecule has 0 spiro atoms. The van der Waals surface area contributed by atoms with Crippen LogP contribution >= 0.6 is 0 Å². The summed E-state index contributed by atoms with van der Waals surface area (Å²) in [5.74, 6) is 1.09. The quantitative estimate of drug-likeness (QED) is 0.744. The third kappa shape index (κ3) is 4.70. The fraction of sp³-hybridized carbons (Fsp3) is 0.647. The zero-order valence-electron chi connectivity index (χ0n) is 13.7. The molecule has 0 unspecified atom stereocenters. The van der Waals surface area contributed by atoms with E-state index in [1.54, 1.807) is 7.11 Å². The molecule has 1 aromatic carbocycles. The highest BCUT2D eigenvalue weighted by molar-refractivity contribution is 5.45. The van der Waals surface area contributed by atoms with Gasteiger partial charge in [0.15, 0.2) is 0 Å². The topological polar surface area (TPSA) is 33.7 Å². The molecular formula is C17H28N2O2. The van der Waals surface area contributed by atoms with Crippen molar-refractivity contribution >= 4 is 0 Å². The monoisotopic (exact) mass is 292 g/mol. The van der Waals surface area contributed by atoms with Crippen LogP contribution < -0.4 is 10.1 Å². The molecule has 0 saturated carbocycles. The molecule has 0 amide bonds. The van der Waals surface area contributed by atoms with Crippen LogP contribution in [0.1, 0.15) is 25.0 Å². The Labute approximate surface area is 128 Å². The molecule has 1 aromatic rings. The molecule has 0 aliphatic carbocycles. The van der Waals surface area contributed by atoms with Gasteiger partial charge in [-0.05, 0) is 26.5 Å². The maximum atomic E-state index is 6.09. The fourth-order valence-electron chi connectivity index (χ4n) is 2.67. The number of rotatable bonds is 8. The Morgan fingerprint density at radius 1 is 1.33 bits per heavy atom. The second-order valence-corrected chi connectivity index (χ2v) is 6.42. The van der Waals surface area contributed by atoms with Gasteiger partial charge >= 0.3 is 0 Å². The summed E-state index contributed by atoms with van der Waals surface area (Å²) < 4.78 is 11.2. The lowest BCUT2D eigenvalue weighted by Crippen LogP contribution is -2.31. The van der Waals surface area contributed by atoms with E-state index in [9.17, 15) is 0 Å². The van der Waals surface area contributed by atoms with Crippen molar-refractivity contribution in [2.45, 2.75) is 32.4 Å². The van der Waals surface area contributed by atoms with Gasteiger partial charge in [-0.15, -0.1) is 0 Å². The summed E-state index contributed by atoms with van der Waals surface area (Å²) in [6, 6.07) is 6.46. The van der Waals surface area contributed by atoms with Crippen LogP contribution in [0.25, 0.3) is 0 Å². The molecule has 1 aliphatic heterocycles. The molecule has 0 radical (unpaired) electrons. The molecule has 0 aromatic heterocycles. The van der Waals surface area contributed by atoms with Crippen LogP contribution in [0.2, 0.25) is 0 Å². The molecule has 1 aliphatic rings. The molecule has 2 rings (SSSR count). The van der Waals surface area contributed by atoms with Gasteiger partial charge in [0.2, 0.25) is 0 Å². The second kappa shape index (κ2) is 7.25. The third-order valence-corrected chi connectivity index (χ3v) is 3.84. The number of ether oxygens (including phenoxy) is 2. The number of nitrogens with one attached hydrogen (secondary N) is 1. The summed E-state index contributed by atoms with van der Waals surface area (Å²) in [5.41, 5.74) is 2.52. The fourth-order valence-corrected chi connectivity index (χ4v) is 2.67. The molecule has 0 saturated heterocycles. The molecule has 1 heterocycles. The highest BCUT2D eigenvalue weighted by atomic mass is 16.5. The first-order chi connectivity index (χ1) is 10.0. The Morgan fingerprint density at radius 3 is 2.90 bits per heavy atom. The smallest absolute Gasteiger partial charge is 0.127 e. The number of fused-ring (bicyclic) bond motifs is 1. The summed E-state index contributed by atoms with van der Waals surface area (Å²) in [6.45, 7) is 8.89. The lowest BCUT2D eigenvalue weighted by Gasteiger charge is -2.19. The Morgan fingerprint density at radius 2 is 2.14 bits per heavy atom. The van der Waals surface area contributed by atoms with E-state index >= 15 is 0 Å². The molecule has 0 fully saturated rings. The number of hydrogen-bond acceptors (Lipinski definition) is 4. The summed E-state index contributed by atoms with van der Waals surface area (Å²) in [5, 5.41) is 3.50. The first kappa shape index (κ1) is 16.3. The maximum Gasteiger partial charge on any atom is 0.127 e. The van der Waals surface area contributed by atoms with Gasteiger partial charge in [0, 0.05) is 45.3 Å². The van der Waals surface area contributed by atoms with Crippen molar-refractivity contribution in [3.8, 4) is 5.75 Å². The van der Waals surface area contributed by atoms with Crippen molar-refractivity contribution in [1.82, 2.24) is 10.2 Å². The first-order valence-electron chi connectivity index (χ1n) is 7.70. The van der Waals surface area contributed by atoms with E-state index in [0.717, 1.165) is 45.0 Å². The predicted octanol–water partition coefficient (Wildman–Crippen LogP) is 2.07. The van der Waals surface area contributed by atoms with Crippen LogP contribution in [0, 0.1) is 0 Å². The van der Waals surface area contributed by atoms with Gasteiger partial charge in [0.25, 0.3) is 0 Å². The summed E-state index contributed by atoms with van der Waals surface area (Å²) in [6.07, 6.45) is 0.996. The van der Waals surface area contributed by atoms with Crippen LogP contribution in [-0.2, 0) is 17.7 Å². The minimum Gasteiger partial charge on any atom is -0.487 e. The molecule has 4 heteroatoms. The Bertz CT molecular complexity index is 460. The highest BCUT2D eigenvalue weighted by Crippen LogP contribution is 2.37. The number of benzene rings is 1. The average molecular weight is 292 g/mol. The van der Waals surface area contributed by atoms with Gasteiger partial charge in [-0.2, -0.15) is 0 Å². The molecule has 1 N–H and O–H groups in total. The Hall–Kier alpha value is -1.10. The average Bonchev–Trinajstić information content (AvgIpc) is 2.76. The van der Waals surface area contributed by atoms with Crippen molar-refractivity contribution in [2.24, 2.45) is 0 Å². The van der Waals surface area contributed by atoms with E-state index < -0.39 is 0 Å². The minimum absolute atomic E-state index is 0.0706. The zero-order chi connectivity index (χ0) is 15.3. The maximum absolute atomic E-state index is 6.09. The van der Waals surface area contributed by atoms with E-state index in [2.05, 4.69) is 49.3 Å². The number of likely N-dealkylation sites (N-methyl/N-ethyl adjacent to an activating group) is 1. The molecular weight excluding hydrogens is 264 g/mol. The van der Waals surface area contributed by atoms with Gasteiger partial charge in [-0.25, -0.2) is 0 Å². The number of para-hydroxylation sites is 1. The molecule has 0 atom stereocenters. The van der Waals surface area contributed by atoms with E-state index in [1.807, 2.05) is 0 Å². The third-order valence-electron chi connectivity index (χ3n) is 3.84. The lowest BCUT2D eigenvalue weighted by atomic mass is 10.0. The predicted molar refractivity (Wildman–Crippen MR) is 85.9 cm³/mol. The van der Waals surface area contributed by atoms with Gasteiger partial charge < -0.3 is 19.7 Å². The van der Waals surface area contributed by atoms with Gasteiger partial charge in [-0.3, -0.25) is 0 Å². The van der Waals surface area contributed by atoms with Gasteiger partial charge in [0.05, 0.1) is 6.61 Å². The van der Waals surface area contributed by atoms with Crippen molar-refractivity contribution in [1.29, 1.82) is 0 Å². The Kier molecular flexibility index (Phi) is 5.62. The largest absolute Gasteiger partial charge is 0.487 e. The van der Waals surface area contributed by atoms with Crippen LogP contribution in [-0.4, -0.2) is 50.9 Å². The van der Waals surface area contributed by atoms with Crippen LogP contribution in [0.15, 0.2) is 18.2 Å². The van der Waals surface area contributed by atoms with Crippen LogP contribution in [0.3, 0.4) is 0 Å². The summed E-state index contributed by atoms with van der Waals surface area (Å²) >= 11 is 0. The van der Waals surface area contributed by atoms with Crippen molar-refractivity contribution in [2.75, 3.05) is 40.4 Å². The zero-order valence-corrected chi connectivity index (χ0v) is 13.7. The molecule has 21 heavy (non-hydrogen) atoms. The lowest BCUT2D eigenvalue weighted by molar-refractivity contribution is 0.137. The van der Waals surface area contributed by atoms with E-state index in [0.29, 0.717) is 0 Å². The van der Waals surface area contributed by atoms with Crippen molar-refractivity contribution in [3.05, 3.63) is 29.3 Å².